The van der Waals surface area contributed by atoms with Gasteiger partial charge in [0.2, 0.25) is 0 Å². The van der Waals surface area contributed by atoms with Crippen molar-refractivity contribution in [3.63, 3.8) is 0 Å². The summed E-state index contributed by atoms with van der Waals surface area (Å²) in [5, 5.41) is 4.75. The quantitative estimate of drug-likeness (QED) is 0.833. The zero-order valence-corrected chi connectivity index (χ0v) is 11.6. The molecule has 0 aliphatic heterocycles. The van der Waals surface area contributed by atoms with E-state index >= 15 is 0 Å². The van der Waals surface area contributed by atoms with Gasteiger partial charge in [0, 0.05) is 24.2 Å². The van der Waals surface area contributed by atoms with Crippen molar-refractivity contribution in [2.75, 3.05) is 7.11 Å². The summed E-state index contributed by atoms with van der Waals surface area (Å²) < 4.78 is 5.32. The molecule has 16 heavy (non-hydrogen) atoms. The zero-order chi connectivity index (χ0) is 12.1. The summed E-state index contributed by atoms with van der Waals surface area (Å²) in [4.78, 5) is 5.71. The molecule has 0 spiro atoms. The van der Waals surface area contributed by atoms with Crippen LogP contribution in [0.2, 0.25) is 0 Å². The number of methoxy groups -OCH3 is 1. The van der Waals surface area contributed by atoms with Gasteiger partial charge in [-0.15, -0.1) is 11.3 Å². The summed E-state index contributed by atoms with van der Waals surface area (Å²) in [6, 6.07) is 0.672. The topological polar surface area (TPSA) is 34.1 Å². The molecule has 3 nitrogen and oxygen atoms in total. The third kappa shape index (κ3) is 3.54. The molecule has 0 radical (unpaired) electrons. The van der Waals surface area contributed by atoms with E-state index in [1.807, 2.05) is 6.20 Å². The lowest BCUT2D eigenvalue weighted by Gasteiger charge is -2.24. The Bertz CT molecular complexity index is 314. The van der Waals surface area contributed by atoms with E-state index in [2.05, 4.69) is 38.0 Å². The van der Waals surface area contributed by atoms with Crippen LogP contribution in [0.5, 0.6) is 0 Å². The largest absolute Gasteiger partial charge is 0.380 e. The van der Waals surface area contributed by atoms with Crippen LogP contribution in [0.1, 0.15) is 43.1 Å². The smallest absolute Gasteiger partial charge is 0.110 e. The van der Waals surface area contributed by atoms with E-state index in [9.17, 15) is 0 Å². The molecule has 0 saturated heterocycles. The first-order valence-electron chi connectivity index (χ1n) is 5.79. The molecule has 0 aromatic carbocycles. The second-order valence-electron chi connectivity index (χ2n) is 4.17. The minimum atomic E-state index is 0.218. The molecular formula is C12H22N2OS. The minimum Gasteiger partial charge on any atom is -0.380 e. The van der Waals surface area contributed by atoms with E-state index in [0.717, 1.165) is 6.42 Å². The second-order valence-corrected chi connectivity index (χ2v) is 5.43. The number of nitrogens with one attached hydrogen (secondary N) is 1. The van der Waals surface area contributed by atoms with E-state index in [1.54, 1.807) is 18.4 Å². The standard InChI is InChI=1S/C12H22N2OS/c1-6-11(12-13-7-8(2)16-12)14-9(3)10(4)15-5/h7,9-11,14H,6H2,1-5H3. The number of ether oxygens (including phenoxy) is 1. The average molecular weight is 242 g/mol. The first kappa shape index (κ1) is 13.6. The van der Waals surface area contributed by atoms with E-state index in [0.29, 0.717) is 12.1 Å². The lowest BCUT2D eigenvalue weighted by Crippen LogP contribution is -2.38. The van der Waals surface area contributed by atoms with Gasteiger partial charge in [0.15, 0.2) is 0 Å². The van der Waals surface area contributed by atoms with Crippen LogP contribution in [-0.4, -0.2) is 24.2 Å². The molecular weight excluding hydrogens is 220 g/mol. The number of rotatable bonds is 6. The number of thiazole rings is 1. The van der Waals surface area contributed by atoms with Crippen LogP contribution in [-0.2, 0) is 4.74 Å². The van der Waals surface area contributed by atoms with Crippen LogP contribution in [0.15, 0.2) is 6.20 Å². The molecule has 1 rings (SSSR count). The lowest BCUT2D eigenvalue weighted by molar-refractivity contribution is 0.0841. The molecule has 3 atom stereocenters. The van der Waals surface area contributed by atoms with Gasteiger partial charge in [-0.25, -0.2) is 4.98 Å². The maximum Gasteiger partial charge on any atom is 0.110 e. The summed E-state index contributed by atoms with van der Waals surface area (Å²) in [6.45, 7) is 8.50. The summed E-state index contributed by atoms with van der Waals surface area (Å²) in [7, 11) is 1.75. The highest BCUT2D eigenvalue weighted by atomic mass is 32.1. The molecule has 0 fully saturated rings. The molecule has 1 aromatic heterocycles. The zero-order valence-electron chi connectivity index (χ0n) is 10.8. The fourth-order valence-electron chi connectivity index (χ4n) is 1.55. The first-order chi connectivity index (χ1) is 7.58. The Morgan fingerprint density at radius 1 is 1.50 bits per heavy atom. The number of aryl methyl sites for hydroxylation is 1. The number of hydrogen-bond acceptors (Lipinski definition) is 4. The average Bonchev–Trinajstić information content (AvgIpc) is 2.71. The molecule has 0 aliphatic carbocycles. The van der Waals surface area contributed by atoms with Crippen molar-refractivity contribution in [3.8, 4) is 0 Å². The Labute approximate surface area is 102 Å². The van der Waals surface area contributed by atoms with Crippen LogP contribution >= 0.6 is 11.3 Å². The van der Waals surface area contributed by atoms with E-state index in [4.69, 9.17) is 4.74 Å². The van der Waals surface area contributed by atoms with E-state index in [-0.39, 0.29) is 6.10 Å². The van der Waals surface area contributed by atoms with Gasteiger partial charge in [-0.2, -0.15) is 0 Å². The predicted molar refractivity (Wildman–Crippen MR) is 69.0 cm³/mol. The highest BCUT2D eigenvalue weighted by Gasteiger charge is 2.18. The Morgan fingerprint density at radius 2 is 2.19 bits per heavy atom. The third-order valence-corrected chi connectivity index (χ3v) is 3.91. The van der Waals surface area contributed by atoms with Gasteiger partial charge in [0.05, 0.1) is 12.1 Å². The van der Waals surface area contributed by atoms with Crippen LogP contribution in [0.4, 0.5) is 0 Å². The normalized spacial score (nSPS) is 17.1. The number of nitrogens with zero attached hydrogens (tertiary/aromatic N) is 1. The molecule has 0 saturated carbocycles. The molecule has 0 aliphatic rings. The maximum absolute atomic E-state index is 5.32. The van der Waals surface area contributed by atoms with Gasteiger partial charge in [-0.1, -0.05) is 6.92 Å². The molecule has 4 heteroatoms. The molecule has 1 aromatic rings. The summed E-state index contributed by atoms with van der Waals surface area (Å²) in [5.41, 5.74) is 0. The molecule has 3 unspecified atom stereocenters. The minimum absolute atomic E-state index is 0.218. The van der Waals surface area contributed by atoms with Crippen molar-refractivity contribution in [3.05, 3.63) is 16.1 Å². The van der Waals surface area contributed by atoms with Crippen molar-refractivity contribution in [1.82, 2.24) is 10.3 Å². The first-order valence-corrected chi connectivity index (χ1v) is 6.61. The van der Waals surface area contributed by atoms with Gasteiger partial charge in [-0.05, 0) is 27.2 Å². The van der Waals surface area contributed by atoms with E-state index in [1.165, 1.54) is 9.88 Å². The fraction of sp³-hybridized carbons (Fsp3) is 0.750. The Hall–Kier alpha value is -0.450. The summed E-state index contributed by atoms with van der Waals surface area (Å²) >= 11 is 1.77. The molecule has 0 bridgehead atoms. The van der Waals surface area contributed by atoms with Crippen LogP contribution < -0.4 is 5.32 Å². The van der Waals surface area contributed by atoms with Crippen molar-refractivity contribution in [2.24, 2.45) is 0 Å². The van der Waals surface area contributed by atoms with Crippen LogP contribution in [0, 0.1) is 6.92 Å². The molecule has 1 N–H and O–H groups in total. The Kier molecular flexibility index (Phi) is 5.38. The van der Waals surface area contributed by atoms with Crippen molar-refractivity contribution in [2.45, 2.75) is 52.3 Å². The SMILES string of the molecule is CCC(NC(C)C(C)OC)c1ncc(C)s1. The lowest BCUT2D eigenvalue weighted by atomic mass is 10.1. The monoisotopic (exact) mass is 242 g/mol. The van der Waals surface area contributed by atoms with Crippen LogP contribution in [0.3, 0.4) is 0 Å². The second kappa shape index (κ2) is 6.33. The molecule has 0 amide bonds. The summed E-state index contributed by atoms with van der Waals surface area (Å²) in [6.07, 6.45) is 3.21. The van der Waals surface area contributed by atoms with Crippen LogP contribution in [0.25, 0.3) is 0 Å². The van der Waals surface area contributed by atoms with Gasteiger partial charge in [0.25, 0.3) is 0 Å². The van der Waals surface area contributed by atoms with Crippen molar-refractivity contribution in [1.29, 1.82) is 0 Å². The Balaban J connectivity index is 2.62. The highest BCUT2D eigenvalue weighted by Crippen LogP contribution is 2.22. The Morgan fingerprint density at radius 3 is 2.62 bits per heavy atom. The number of hydrogen-bond donors (Lipinski definition) is 1. The van der Waals surface area contributed by atoms with Crippen molar-refractivity contribution >= 4 is 11.3 Å². The predicted octanol–water partition coefficient (Wildman–Crippen LogP) is 2.92. The fourth-order valence-corrected chi connectivity index (χ4v) is 2.47. The van der Waals surface area contributed by atoms with E-state index < -0.39 is 0 Å². The van der Waals surface area contributed by atoms with Gasteiger partial charge in [-0.3, -0.25) is 0 Å². The van der Waals surface area contributed by atoms with Gasteiger partial charge < -0.3 is 10.1 Å². The summed E-state index contributed by atoms with van der Waals surface area (Å²) in [5.74, 6) is 0. The number of aromatic nitrogens is 1. The third-order valence-electron chi connectivity index (χ3n) is 2.89. The maximum atomic E-state index is 5.32. The molecule has 92 valence electrons. The van der Waals surface area contributed by atoms with Gasteiger partial charge in [0.1, 0.15) is 5.01 Å². The molecule has 1 heterocycles. The highest BCUT2D eigenvalue weighted by molar-refractivity contribution is 7.11. The van der Waals surface area contributed by atoms with Crippen molar-refractivity contribution < 1.29 is 4.74 Å². The van der Waals surface area contributed by atoms with Gasteiger partial charge >= 0.3 is 0 Å².